The average molecular weight is 432 g/mol. The molecule has 0 spiro atoms. The Kier molecular flexibility index (Phi) is 16.3. The van der Waals surface area contributed by atoms with Crippen molar-refractivity contribution in [3.05, 3.63) is 0 Å². The van der Waals surface area contributed by atoms with Gasteiger partial charge in [0, 0.05) is 41.7 Å². The maximum Gasteiger partial charge on any atom is 0.0617 e. The van der Waals surface area contributed by atoms with E-state index in [9.17, 15) is 0 Å². The van der Waals surface area contributed by atoms with E-state index >= 15 is 0 Å². The van der Waals surface area contributed by atoms with Crippen LogP contribution in [0.3, 0.4) is 0 Å². The fourth-order valence-electron chi connectivity index (χ4n) is 3.64. The van der Waals surface area contributed by atoms with Crippen molar-refractivity contribution in [1.29, 1.82) is 0 Å². The van der Waals surface area contributed by atoms with Crippen molar-refractivity contribution in [2.75, 3.05) is 39.6 Å². The molecule has 0 aliphatic rings. The average Bonchev–Trinajstić information content (AvgIpc) is 2.59. The number of ether oxygens (including phenoxy) is 3. The van der Waals surface area contributed by atoms with E-state index in [0.717, 1.165) is 6.42 Å². The third kappa shape index (κ3) is 15.5. The first-order chi connectivity index (χ1) is 14.0. The van der Waals surface area contributed by atoms with Crippen LogP contribution in [-0.4, -0.2) is 75.9 Å². The van der Waals surface area contributed by atoms with Crippen LogP contribution in [0.2, 0.25) is 0 Å². The summed E-state index contributed by atoms with van der Waals surface area (Å²) in [7, 11) is 0. The summed E-state index contributed by atoms with van der Waals surface area (Å²) in [6.07, 6.45) is 0.955. The highest BCUT2D eigenvalue weighted by Gasteiger charge is 2.30. The standard InChI is InChI=1S/C24H53N3O3/c1-11-24(15-28-12-21(8)25-18(2)3,16-29-13-22(9)26-19(4)5)17-30-14-23(10)27-20(6)7/h18-23,25-27H,11-17H2,1-10H3. The highest BCUT2D eigenvalue weighted by Crippen LogP contribution is 2.24. The number of hydrogen-bond acceptors (Lipinski definition) is 6. The van der Waals surface area contributed by atoms with Crippen LogP contribution in [0.1, 0.15) is 75.7 Å². The second-order valence-corrected chi connectivity index (χ2v) is 10.1. The maximum absolute atomic E-state index is 6.14. The lowest BCUT2D eigenvalue weighted by atomic mass is 9.88. The predicted molar refractivity (Wildman–Crippen MR) is 128 cm³/mol. The summed E-state index contributed by atoms with van der Waals surface area (Å²) < 4.78 is 18.4. The molecule has 0 rings (SSSR count). The maximum atomic E-state index is 6.14. The summed E-state index contributed by atoms with van der Waals surface area (Å²) in [5, 5.41) is 10.5. The van der Waals surface area contributed by atoms with Crippen LogP contribution in [0.5, 0.6) is 0 Å². The highest BCUT2D eigenvalue weighted by molar-refractivity contribution is 4.79. The minimum absolute atomic E-state index is 0.132. The molecule has 3 unspecified atom stereocenters. The van der Waals surface area contributed by atoms with Crippen LogP contribution in [0.25, 0.3) is 0 Å². The molecule has 0 saturated heterocycles. The molecule has 0 bridgehead atoms. The van der Waals surface area contributed by atoms with Gasteiger partial charge in [-0.25, -0.2) is 0 Å². The minimum atomic E-state index is -0.132. The van der Waals surface area contributed by atoms with Gasteiger partial charge in [-0.2, -0.15) is 0 Å². The molecule has 0 aromatic carbocycles. The van der Waals surface area contributed by atoms with Gasteiger partial charge in [0.1, 0.15) is 0 Å². The zero-order valence-electron chi connectivity index (χ0n) is 21.6. The lowest BCUT2D eigenvalue weighted by Gasteiger charge is -2.34. The zero-order chi connectivity index (χ0) is 23.2. The quantitative estimate of drug-likeness (QED) is 0.290. The van der Waals surface area contributed by atoms with Crippen LogP contribution < -0.4 is 16.0 Å². The minimum Gasteiger partial charge on any atom is -0.379 e. The molecule has 6 heteroatoms. The molecular weight excluding hydrogens is 378 g/mol. The summed E-state index contributed by atoms with van der Waals surface area (Å²) in [6.45, 7) is 25.7. The Morgan fingerprint density at radius 1 is 0.533 bits per heavy atom. The lowest BCUT2D eigenvalue weighted by Crippen LogP contribution is -2.43. The number of nitrogens with one attached hydrogen (secondary N) is 3. The van der Waals surface area contributed by atoms with Gasteiger partial charge in [-0.05, 0) is 27.2 Å². The Balaban J connectivity index is 4.75. The topological polar surface area (TPSA) is 63.8 Å². The van der Waals surface area contributed by atoms with Crippen molar-refractivity contribution in [3.8, 4) is 0 Å². The van der Waals surface area contributed by atoms with Gasteiger partial charge in [0.05, 0.1) is 39.6 Å². The normalized spacial score (nSPS) is 17.5. The van der Waals surface area contributed by atoms with Gasteiger partial charge in [-0.15, -0.1) is 0 Å². The van der Waals surface area contributed by atoms with E-state index in [-0.39, 0.29) is 5.41 Å². The SMILES string of the molecule is CCC(COCC(C)NC(C)C)(COCC(C)NC(C)C)COCC(C)NC(C)C. The third-order valence-electron chi connectivity index (χ3n) is 4.93. The molecule has 30 heavy (non-hydrogen) atoms. The molecule has 0 aliphatic heterocycles. The molecule has 0 radical (unpaired) electrons. The van der Waals surface area contributed by atoms with E-state index in [0.29, 0.717) is 75.9 Å². The highest BCUT2D eigenvalue weighted by atomic mass is 16.5. The van der Waals surface area contributed by atoms with Crippen molar-refractivity contribution in [1.82, 2.24) is 16.0 Å². The molecular formula is C24H53N3O3. The van der Waals surface area contributed by atoms with E-state index in [1.165, 1.54) is 0 Å². The fourth-order valence-corrected chi connectivity index (χ4v) is 3.64. The van der Waals surface area contributed by atoms with Crippen molar-refractivity contribution >= 4 is 0 Å². The second-order valence-electron chi connectivity index (χ2n) is 10.1. The lowest BCUT2D eigenvalue weighted by molar-refractivity contribution is -0.0781. The van der Waals surface area contributed by atoms with E-state index < -0.39 is 0 Å². The third-order valence-corrected chi connectivity index (χ3v) is 4.93. The Morgan fingerprint density at radius 3 is 1.00 bits per heavy atom. The molecule has 0 aromatic heterocycles. The molecule has 0 heterocycles. The number of hydrogen-bond donors (Lipinski definition) is 3. The van der Waals surface area contributed by atoms with Crippen LogP contribution in [-0.2, 0) is 14.2 Å². The summed E-state index contributed by atoms with van der Waals surface area (Å²) in [6, 6.07) is 2.34. The molecule has 0 saturated carbocycles. The van der Waals surface area contributed by atoms with E-state index in [1.807, 2.05) is 0 Å². The molecule has 3 N–H and O–H groups in total. The van der Waals surface area contributed by atoms with Gasteiger partial charge in [0.2, 0.25) is 0 Å². The van der Waals surface area contributed by atoms with Crippen molar-refractivity contribution in [2.24, 2.45) is 5.41 Å². The molecule has 0 aromatic rings. The van der Waals surface area contributed by atoms with Gasteiger partial charge in [-0.3, -0.25) is 0 Å². The first kappa shape index (κ1) is 29.8. The van der Waals surface area contributed by atoms with Gasteiger partial charge in [0.25, 0.3) is 0 Å². The van der Waals surface area contributed by atoms with E-state index in [4.69, 9.17) is 14.2 Å². The molecule has 0 fully saturated rings. The zero-order valence-corrected chi connectivity index (χ0v) is 21.6. The monoisotopic (exact) mass is 431 g/mol. The Labute approximate surface area is 187 Å². The first-order valence-corrected chi connectivity index (χ1v) is 12.0. The summed E-state index contributed by atoms with van der Waals surface area (Å²) in [5.74, 6) is 0. The van der Waals surface area contributed by atoms with Crippen molar-refractivity contribution in [3.63, 3.8) is 0 Å². The van der Waals surface area contributed by atoms with Crippen LogP contribution in [0, 0.1) is 5.41 Å². The van der Waals surface area contributed by atoms with Gasteiger partial charge in [-0.1, -0.05) is 48.5 Å². The number of rotatable bonds is 19. The van der Waals surface area contributed by atoms with Crippen LogP contribution in [0.15, 0.2) is 0 Å². The predicted octanol–water partition coefficient (Wildman–Crippen LogP) is 3.59. The van der Waals surface area contributed by atoms with Crippen molar-refractivity contribution < 1.29 is 14.2 Å². The van der Waals surface area contributed by atoms with E-state index in [1.54, 1.807) is 0 Å². The second kappa shape index (κ2) is 16.4. The Bertz CT molecular complexity index is 350. The van der Waals surface area contributed by atoms with Gasteiger partial charge >= 0.3 is 0 Å². The first-order valence-electron chi connectivity index (χ1n) is 12.0. The summed E-state index contributed by atoms with van der Waals surface area (Å²) in [4.78, 5) is 0. The largest absolute Gasteiger partial charge is 0.379 e. The smallest absolute Gasteiger partial charge is 0.0617 e. The molecule has 0 aliphatic carbocycles. The Morgan fingerprint density at radius 2 is 0.800 bits per heavy atom. The fraction of sp³-hybridized carbons (Fsp3) is 1.00. The Hall–Kier alpha value is -0.240. The molecule has 3 atom stereocenters. The molecule has 182 valence electrons. The van der Waals surface area contributed by atoms with Crippen LogP contribution in [0.4, 0.5) is 0 Å². The van der Waals surface area contributed by atoms with Gasteiger partial charge < -0.3 is 30.2 Å². The van der Waals surface area contributed by atoms with Gasteiger partial charge in [0.15, 0.2) is 0 Å². The molecule has 6 nitrogen and oxygen atoms in total. The summed E-state index contributed by atoms with van der Waals surface area (Å²) in [5.41, 5.74) is -0.132. The molecule has 0 amide bonds. The van der Waals surface area contributed by atoms with Crippen molar-refractivity contribution in [2.45, 2.75) is 112 Å². The summed E-state index contributed by atoms with van der Waals surface area (Å²) >= 11 is 0. The van der Waals surface area contributed by atoms with Crippen LogP contribution >= 0.6 is 0 Å². The van der Waals surface area contributed by atoms with E-state index in [2.05, 4.69) is 85.2 Å².